The summed E-state index contributed by atoms with van der Waals surface area (Å²) in [5.74, 6) is 2.00. The number of para-hydroxylation sites is 1. The van der Waals surface area contributed by atoms with Crippen molar-refractivity contribution in [1.29, 1.82) is 0 Å². The Labute approximate surface area is 129 Å². The Morgan fingerprint density at radius 1 is 1.24 bits per heavy atom. The molecule has 0 bridgehead atoms. The number of thioether (sulfide) groups is 1. The number of carbonyl (C=O) groups excluding carboxylic acids is 2. The first-order chi connectivity index (χ1) is 10.2. The van der Waals surface area contributed by atoms with Gasteiger partial charge in [-0.15, -0.1) is 0 Å². The molecule has 5 nitrogen and oxygen atoms in total. The normalized spacial score (nSPS) is 18.0. The van der Waals surface area contributed by atoms with Gasteiger partial charge >= 0.3 is 0 Å². The summed E-state index contributed by atoms with van der Waals surface area (Å²) in [6.07, 6.45) is 0.765. The van der Waals surface area contributed by atoms with Crippen molar-refractivity contribution in [2.75, 3.05) is 29.9 Å². The Hall–Kier alpha value is -1.53. The summed E-state index contributed by atoms with van der Waals surface area (Å²) in [6.45, 7) is 1.33. The minimum Gasteiger partial charge on any atom is -0.356 e. The van der Waals surface area contributed by atoms with Crippen molar-refractivity contribution in [3.8, 4) is 0 Å². The minimum absolute atomic E-state index is 0.00233. The summed E-state index contributed by atoms with van der Waals surface area (Å²) >= 11 is 1.87. The van der Waals surface area contributed by atoms with E-state index in [2.05, 4.69) is 16.0 Å². The summed E-state index contributed by atoms with van der Waals surface area (Å²) in [5.41, 5.74) is 0.775. The van der Waals surface area contributed by atoms with Crippen LogP contribution in [0.25, 0.3) is 0 Å². The predicted molar refractivity (Wildman–Crippen MR) is 86.4 cm³/mol. The van der Waals surface area contributed by atoms with Crippen molar-refractivity contribution in [2.24, 2.45) is 0 Å². The van der Waals surface area contributed by atoms with E-state index in [0.29, 0.717) is 13.0 Å². The van der Waals surface area contributed by atoms with E-state index in [4.69, 9.17) is 0 Å². The van der Waals surface area contributed by atoms with Gasteiger partial charge in [0.15, 0.2) is 0 Å². The average Bonchev–Trinajstić information content (AvgIpc) is 2.49. The first kappa shape index (κ1) is 15.9. The molecule has 0 aromatic heterocycles. The van der Waals surface area contributed by atoms with Crippen LogP contribution in [0, 0.1) is 0 Å². The van der Waals surface area contributed by atoms with E-state index < -0.39 is 0 Å². The largest absolute Gasteiger partial charge is 0.356 e. The monoisotopic (exact) mass is 307 g/mol. The van der Waals surface area contributed by atoms with Gasteiger partial charge in [-0.05, 0) is 12.1 Å². The van der Waals surface area contributed by atoms with Gasteiger partial charge in [-0.1, -0.05) is 18.2 Å². The molecule has 0 radical (unpaired) electrons. The molecule has 2 rings (SSSR count). The van der Waals surface area contributed by atoms with Crippen molar-refractivity contribution >= 4 is 29.3 Å². The van der Waals surface area contributed by atoms with Crippen molar-refractivity contribution in [2.45, 2.75) is 18.9 Å². The van der Waals surface area contributed by atoms with Gasteiger partial charge < -0.3 is 16.0 Å². The molecule has 21 heavy (non-hydrogen) atoms. The third-order valence-corrected chi connectivity index (χ3v) is 4.29. The van der Waals surface area contributed by atoms with Crippen LogP contribution in [0.1, 0.15) is 12.8 Å². The molecule has 1 atom stereocenters. The van der Waals surface area contributed by atoms with Crippen LogP contribution in [-0.4, -0.2) is 42.5 Å². The molecule has 1 aliphatic heterocycles. The zero-order chi connectivity index (χ0) is 14.9. The highest BCUT2D eigenvalue weighted by Gasteiger charge is 2.16. The summed E-state index contributed by atoms with van der Waals surface area (Å²) in [5, 5.41) is 8.91. The fourth-order valence-corrected chi connectivity index (χ4v) is 3.06. The molecular formula is C15H21N3O2S. The van der Waals surface area contributed by atoms with Crippen molar-refractivity contribution < 1.29 is 9.59 Å². The lowest BCUT2D eigenvalue weighted by Crippen LogP contribution is -2.41. The molecule has 1 saturated heterocycles. The molecule has 0 aliphatic carbocycles. The van der Waals surface area contributed by atoms with Gasteiger partial charge in [0.05, 0.1) is 0 Å². The van der Waals surface area contributed by atoms with E-state index in [1.54, 1.807) is 0 Å². The average molecular weight is 307 g/mol. The Kier molecular flexibility index (Phi) is 6.56. The third kappa shape index (κ3) is 6.18. The van der Waals surface area contributed by atoms with Gasteiger partial charge in [-0.25, -0.2) is 0 Å². The highest BCUT2D eigenvalue weighted by atomic mass is 32.2. The van der Waals surface area contributed by atoms with Crippen LogP contribution in [-0.2, 0) is 9.59 Å². The maximum atomic E-state index is 11.8. The Morgan fingerprint density at radius 3 is 2.76 bits per heavy atom. The number of rotatable bonds is 6. The van der Waals surface area contributed by atoms with Crippen LogP contribution in [0.15, 0.2) is 30.3 Å². The van der Waals surface area contributed by atoms with Gasteiger partial charge in [0, 0.05) is 49.2 Å². The van der Waals surface area contributed by atoms with Crippen LogP contribution >= 0.6 is 11.8 Å². The number of nitrogens with one attached hydrogen (secondary N) is 3. The van der Waals surface area contributed by atoms with E-state index >= 15 is 0 Å². The number of benzene rings is 1. The van der Waals surface area contributed by atoms with Crippen LogP contribution in [0.5, 0.6) is 0 Å². The zero-order valence-electron chi connectivity index (χ0n) is 11.9. The molecule has 0 saturated carbocycles. The fourth-order valence-electron chi connectivity index (χ4n) is 2.11. The highest BCUT2D eigenvalue weighted by Crippen LogP contribution is 2.10. The molecule has 1 heterocycles. The lowest BCUT2D eigenvalue weighted by atomic mass is 10.2. The maximum absolute atomic E-state index is 11.8. The van der Waals surface area contributed by atoms with E-state index in [1.165, 1.54) is 0 Å². The zero-order valence-corrected chi connectivity index (χ0v) is 12.7. The molecular weight excluding hydrogens is 286 g/mol. The SMILES string of the molecule is O=C(CC1CSCCN1)NCCC(=O)Nc1ccccc1. The molecule has 1 aliphatic rings. The molecule has 3 N–H and O–H groups in total. The lowest BCUT2D eigenvalue weighted by Gasteiger charge is -2.22. The number of anilines is 1. The minimum atomic E-state index is -0.0900. The van der Waals surface area contributed by atoms with Gasteiger partial charge in [0.25, 0.3) is 0 Å². The van der Waals surface area contributed by atoms with Crippen LogP contribution in [0.4, 0.5) is 5.69 Å². The quantitative estimate of drug-likeness (QED) is 0.739. The number of amides is 2. The highest BCUT2D eigenvalue weighted by molar-refractivity contribution is 7.99. The number of carbonyl (C=O) groups is 2. The maximum Gasteiger partial charge on any atom is 0.226 e. The smallest absolute Gasteiger partial charge is 0.226 e. The van der Waals surface area contributed by atoms with E-state index in [1.807, 2.05) is 42.1 Å². The Bertz CT molecular complexity index is 461. The standard InChI is InChI=1S/C15H21N3O2S/c19-14(18-12-4-2-1-3-5-12)6-7-17-15(20)10-13-11-21-9-8-16-13/h1-5,13,16H,6-11H2,(H,17,20)(H,18,19). The first-order valence-corrected chi connectivity index (χ1v) is 8.32. The van der Waals surface area contributed by atoms with Gasteiger partial charge in [0.1, 0.15) is 0 Å². The van der Waals surface area contributed by atoms with E-state index in [0.717, 1.165) is 23.7 Å². The van der Waals surface area contributed by atoms with E-state index in [-0.39, 0.29) is 24.3 Å². The predicted octanol–water partition coefficient (Wildman–Crippen LogP) is 1.23. The van der Waals surface area contributed by atoms with Gasteiger partial charge in [-0.3, -0.25) is 9.59 Å². The van der Waals surface area contributed by atoms with Crippen molar-refractivity contribution in [3.63, 3.8) is 0 Å². The third-order valence-electron chi connectivity index (χ3n) is 3.16. The Balaban J connectivity index is 1.60. The summed E-state index contributed by atoms with van der Waals surface area (Å²) in [6, 6.07) is 9.56. The topological polar surface area (TPSA) is 70.2 Å². The van der Waals surface area contributed by atoms with Gasteiger partial charge in [0.2, 0.25) is 11.8 Å². The van der Waals surface area contributed by atoms with Crippen molar-refractivity contribution in [3.05, 3.63) is 30.3 Å². The molecule has 114 valence electrons. The van der Waals surface area contributed by atoms with Gasteiger partial charge in [-0.2, -0.15) is 11.8 Å². The summed E-state index contributed by atoms with van der Waals surface area (Å²) in [7, 11) is 0. The fraction of sp³-hybridized carbons (Fsp3) is 0.467. The molecule has 0 spiro atoms. The van der Waals surface area contributed by atoms with Crippen LogP contribution in [0.2, 0.25) is 0 Å². The van der Waals surface area contributed by atoms with Crippen LogP contribution in [0.3, 0.4) is 0 Å². The molecule has 6 heteroatoms. The summed E-state index contributed by atoms with van der Waals surface area (Å²) in [4.78, 5) is 23.5. The molecule has 1 fully saturated rings. The second kappa shape index (κ2) is 8.69. The number of hydrogen-bond donors (Lipinski definition) is 3. The second-order valence-electron chi connectivity index (χ2n) is 4.94. The molecule has 1 aromatic carbocycles. The number of hydrogen-bond acceptors (Lipinski definition) is 4. The first-order valence-electron chi connectivity index (χ1n) is 7.17. The lowest BCUT2D eigenvalue weighted by molar-refractivity contribution is -0.121. The summed E-state index contributed by atoms with van der Waals surface area (Å²) < 4.78 is 0. The van der Waals surface area contributed by atoms with Crippen LogP contribution < -0.4 is 16.0 Å². The molecule has 1 unspecified atom stereocenters. The Morgan fingerprint density at radius 2 is 2.05 bits per heavy atom. The van der Waals surface area contributed by atoms with Crippen molar-refractivity contribution in [1.82, 2.24) is 10.6 Å². The van der Waals surface area contributed by atoms with E-state index in [9.17, 15) is 9.59 Å². The second-order valence-corrected chi connectivity index (χ2v) is 6.09. The molecule has 1 aromatic rings. The molecule has 2 amide bonds.